The molecule has 2 nitrogen and oxygen atoms in total. The Labute approximate surface area is 98.5 Å². The number of nitrogens with one attached hydrogen (secondary N) is 1. The van der Waals surface area contributed by atoms with E-state index in [-0.39, 0.29) is 5.92 Å². The predicted molar refractivity (Wildman–Crippen MR) is 66.0 cm³/mol. The molecule has 0 heterocycles. The van der Waals surface area contributed by atoms with Gasteiger partial charge in [0.1, 0.15) is 0 Å². The molecule has 1 atom stereocenters. The van der Waals surface area contributed by atoms with Gasteiger partial charge in [-0.2, -0.15) is 0 Å². The Morgan fingerprint density at radius 3 is 2.50 bits per heavy atom. The quantitative estimate of drug-likeness (QED) is 0.713. The highest BCUT2D eigenvalue weighted by molar-refractivity contribution is 5.79. The Bertz CT molecular complexity index is 264. The highest BCUT2D eigenvalue weighted by atomic mass is 16.1. The Morgan fingerprint density at radius 1 is 1.12 bits per heavy atom. The van der Waals surface area contributed by atoms with E-state index < -0.39 is 0 Å². The summed E-state index contributed by atoms with van der Waals surface area (Å²) < 4.78 is 0. The molecule has 2 aliphatic carbocycles. The Balaban J connectivity index is 1.76. The van der Waals surface area contributed by atoms with Crippen LogP contribution in [0.15, 0.2) is 12.2 Å². The number of hydrogen-bond acceptors (Lipinski definition) is 1. The van der Waals surface area contributed by atoms with Gasteiger partial charge >= 0.3 is 0 Å². The monoisotopic (exact) mass is 221 g/mol. The molecule has 0 aromatic heterocycles. The second-order valence-electron chi connectivity index (χ2n) is 5.45. The van der Waals surface area contributed by atoms with Crippen molar-refractivity contribution in [2.45, 2.75) is 57.9 Å². The van der Waals surface area contributed by atoms with E-state index >= 15 is 0 Å². The second-order valence-corrected chi connectivity index (χ2v) is 5.45. The first-order valence-electron chi connectivity index (χ1n) is 6.71. The van der Waals surface area contributed by atoms with Gasteiger partial charge in [0, 0.05) is 12.0 Å². The topological polar surface area (TPSA) is 29.1 Å². The molecule has 0 aromatic rings. The number of allylic oxidation sites excluding steroid dienone is 2. The smallest absolute Gasteiger partial charge is 0.223 e. The average Bonchev–Trinajstić information content (AvgIpc) is 2.33. The number of rotatable bonds is 2. The molecule has 1 amide bonds. The molecule has 1 unspecified atom stereocenters. The molecule has 2 rings (SSSR count). The van der Waals surface area contributed by atoms with Crippen LogP contribution in [-0.2, 0) is 4.79 Å². The predicted octanol–water partition coefficient (Wildman–Crippen LogP) is 3.04. The van der Waals surface area contributed by atoms with Gasteiger partial charge in [-0.25, -0.2) is 0 Å². The van der Waals surface area contributed by atoms with Crippen molar-refractivity contribution in [1.29, 1.82) is 0 Å². The van der Waals surface area contributed by atoms with E-state index in [4.69, 9.17) is 0 Å². The van der Waals surface area contributed by atoms with E-state index in [1.165, 1.54) is 25.7 Å². The summed E-state index contributed by atoms with van der Waals surface area (Å²) in [6.07, 6.45) is 12.3. The van der Waals surface area contributed by atoms with Gasteiger partial charge in [-0.3, -0.25) is 4.79 Å². The van der Waals surface area contributed by atoms with Crippen LogP contribution >= 0.6 is 0 Å². The zero-order chi connectivity index (χ0) is 11.4. The van der Waals surface area contributed by atoms with Crippen LogP contribution in [0.25, 0.3) is 0 Å². The van der Waals surface area contributed by atoms with Gasteiger partial charge in [0.05, 0.1) is 0 Å². The van der Waals surface area contributed by atoms with Crippen LogP contribution in [0.2, 0.25) is 0 Å². The van der Waals surface area contributed by atoms with E-state index in [1.807, 2.05) is 0 Å². The number of carbonyl (C=O) groups is 1. The minimum atomic E-state index is 0.240. The van der Waals surface area contributed by atoms with Crippen LogP contribution < -0.4 is 5.32 Å². The van der Waals surface area contributed by atoms with Gasteiger partial charge in [0.15, 0.2) is 0 Å². The third-order valence-corrected chi connectivity index (χ3v) is 4.00. The molecule has 1 saturated carbocycles. The minimum absolute atomic E-state index is 0.240. The molecule has 90 valence electrons. The molecule has 0 aliphatic heterocycles. The van der Waals surface area contributed by atoms with E-state index in [9.17, 15) is 4.79 Å². The first-order chi connectivity index (χ1) is 7.75. The summed E-state index contributed by atoms with van der Waals surface area (Å²) in [5.41, 5.74) is 0. The lowest BCUT2D eigenvalue weighted by Crippen LogP contribution is -2.40. The van der Waals surface area contributed by atoms with E-state index in [0.29, 0.717) is 11.9 Å². The molecule has 2 aliphatic rings. The maximum atomic E-state index is 12.0. The van der Waals surface area contributed by atoms with Crippen LogP contribution in [0, 0.1) is 11.8 Å². The van der Waals surface area contributed by atoms with Crippen LogP contribution in [0.5, 0.6) is 0 Å². The summed E-state index contributed by atoms with van der Waals surface area (Å²) >= 11 is 0. The van der Waals surface area contributed by atoms with Crippen LogP contribution in [-0.4, -0.2) is 11.9 Å². The van der Waals surface area contributed by atoms with E-state index in [1.54, 1.807) is 0 Å². The van der Waals surface area contributed by atoms with Crippen molar-refractivity contribution in [2.75, 3.05) is 0 Å². The maximum Gasteiger partial charge on any atom is 0.223 e. The van der Waals surface area contributed by atoms with Crippen molar-refractivity contribution < 1.29 is 4.79 Å². The summed E-state index contributed by atoms with van der Waals surface area (Å²) in [5.74, 6) is 1.39. The SMILES string of the molecule is CC1CCC(NC(=O)C2CC=CCC2)CC1. The molecule has 16 heavy (non-hydrogen) atoms. The van der Waals surface area contributed by atoms with Crippen molar-refractivity contribution in [1.82, 2.24) is 5.32 Å². The van der Waals surface area contributed by atoms with Crippen LogP contribution in [0.3, 0.4) is 0 Å². The van der Waals surface area contributed by atoms with Gasteiger partial charge in [0.2, 0.25) is 5.91 Å². The fourth-order valence-corrected chi connectivity index (χ4v) is 2.76. The highest BCUT2D eigenvalue weighted by Crippen LogP contribution is 2.24. The fourth-order valence-electron chi connectivity index (χ4n) is 2.76. The molecule has 0 aromatic carbocycles. The fraction of sp³-hybridized carbons (Fsp3) is 0.786. The summed E-state index contributed by atoms with van der Waals surface area (Å²) in [6.45, 7) is 2.31. The molecule has 1 N–H and O–H groups in total. The van der Waals surface area contributed by atoms with Crippen molar-refractivity contribution in [3.05, 3.63) is 12.2 Å². The van der Waals surface area contributed by atoms with Crippen molar-refractivity contribution in [3.63, 3.8) is 0 Å². The number of amides is 1. The molecule has 1 fully saturated rings. The zero-order valence-corrected chi connectivity index (χ0v) is 10.2. The zero-order valence-electron chi connectivity index (χ0n) is 10.2. The molecule has 2 heteroatoms. The molecular formula is C14H23NO. The minimum Gasteiger partial charge on any atom is -0.353 e. The highest BCUT2D eigenvalue weighted by Gasteiger charge is 2.24. The molecule has 0 saturated heterocycles. The lowest BCUT2D eigenvalue weighted by atomic mass is 9.86. The normalized spacial score (nSPS) is 34.7. The third kappa shape index (κ3) is 3.10. The lowest BCUT2D eigenvalue weighted by molar-refractivity contribution is -0.126. The standard InChI is InChI=1S/C14H23NO/c1-11-7-9-13(10-8-11)15-14(16)12-5-3-2-4-6-12/h2-3,11-13H,4-10H2,1H3,(H,15,16). The molecule has 0 radical (unpaired) electrons. The largest absolute Gasteiger partial charge is 0.353 e. The Hall–Kier alpha value is -0.790. The second kappa shape index (κ2) is 5.51. The first-order valence-corrected chi connectivity index (χ1v) is 6.71. The first kappa shape index (κ1) is 11.7. The van der Waals surface area contributed by atoms with Gasteiger partial charge in [0.25, 0.3) is 0 Å². The van der Waals surface area contributed by atoms with E-state index in [2.05, 4.69) is 24.4 Å². The van der Waals surface area contributed by atoms with Crippen LogP contribution in [0.4, 0.5) is 0 Å². The summed E-state index contributed by atoms with van der Waals surface area (Å²) in [6, 6.07) is 0.453. The van der Waals surface area contributed by atoms with Crippen molar-refractivity contribution in [3.8, 4) is 0 Å². The average molecular weight is 221 g/mol. The van der Waals surface area contributed by atoms with Gasteiger partial charge in [-0.15, -0.1) is 0 Å². The molecule has 0 bridgehead atoms. The number of hydrogen-bond donors (Lipinski definition) is 1. The van der Waals surface area contributed by atoms with Gasteiger partial charge < -0.3 is 5.32 Å². The third-order valence-electron chi connectivity index (χ3n) is 4.00. The van der Waals surface area contributed by atoms with Crippen LogP contribution in [0.1, 0.15) is 51.9 Å². The van der Waals surface area contributed by atoms with Gasteiger partial charge in [-0.1, -0.05) is 19.1 Å². The maximum absolute atomic E-state index is 12.0. The molecule has 0 spiro atoms. The van der Waals surface area contributed by atoms with Crippen molar-refractivity contribution >= 4 is 5.91 Å². The summed E-state index contributed by atoms with van der Waals surface area (Å²) in [5, 5.41) is 3.24. The van der Waals surface area contributed by atoms with Crippen molar-refractivity contribution in [2.24, 2.45) is 11.8 Å². The molecular weight excluding hydrogens is 198 g/mol. The summed E-state index contributed by atoms with van der Waals surface area (Å²) in [7, 11) is 0. The lowest BCUT2D eigenvalue weighted by Gasteiger charge is -2.28. The Kier molecular flexibility index (Phi) is 4.03. The summed E-state index contributed by atoms with van der Waals surface area (Å²) in [4.78, 5) is 12.0. The van der Waals surface area contributed by atoms with Gasteiger partial charge in [-0.05, 0) is 50.9 Å². The Morgan fingerprint density at radius 2 is 1.88 bits per heavy atom. The van der Waals surface area contributed by atoms with E-state index in [0.717, 1.165) is 25.2 Å². The number of carbonyl (C=O) groups excluding carboxylic acids is 1.